The van der Waals surface area contributed by atoms with E-state index in [2.05, 4.69) is 32.2 Å². The van der Waals surface area contributed by atoms with Crippen molar-refractivity contribution in [3.63, 3.8) is 0 Å². The van der Waals surface area contributed by atoms with Gasteiger partial charge >= 0.3 is 0 Å². The second kappa shape index (κ2) is 6.26. The van der Waals surface area contributed by atoms with Gasteiger partial charge in [-0.15, -0.1) is 0 Å². The molecule has 5 nitrogen and oxygen atoms in total. The number of halogens is 1. The third-order valence-electron chi connectivity index (χ3n) is 4.44. The fourth-order valence-corrected chi connectivity index (χ4v) is 3.53. The van der Waals surface area contributed by atoms with E-state index in [1.807, 2.05) is 18.2 Å². The number of pyridine rings is 1. The first-order chi connectivity index (χ1) is 11.3. The van der Waals surface area contributed by atoms with Gasteiger partial charge in [0.2, 0.25) is 0 Å². The molecule has 0 unspecified atom stereocenters. The molecule has 3 heterocycles. The van der Waals surface area contributed by atoms with Gasteiger partial charge in [-0.1, -0.05) is 29.8 Å². The average Bonchev–Trinajstić information content (AvgIpc) is 3.11. The van der Waals surface area contributed by atoms with Gasteiger partial charge in [-0.2, -0.15) is 5.10 Å². The molecule has 1 saturated heterocycles. The van der Waals surface area contributed by atoms with Gasteiger partial charge in [0.15, 0.2) is 0 Å². The van der Waals surface area contributed by atoms with E-state index in [0.717, 1.165) is 48.5 Å². The highest BCUT2D eigenvalue weighted by Crippen LogP contribution is 2.26. The lowest BCUT2D eigenvalue weighted by Gasteiger charge is -2.31. The number of rotatable bonds is 3. The summed E-state index contributed by atoms with van der Waals surface area (Å²) in [6, 6.07) is 10.1. The van der Waals surface area contributed by atoms with Crippen LogP contribution in [0.3, 0.4) is 0 Å². The first kappa shape index (κ1) is 14.6. The van der Waals surface area contributed by atoms with Crippen molar-refractivity contribution < 1.29 is 0 Å². The monoisotopic (exact) mass is 327 g/mol. The second-order valence-electron chi connectivity index (χ2n) is 6.06. The molecule has 0 bridgehead atoms. The number of piperidine rings is 1. The zero-order chi connectivity index (χ0) is 15.6. The summed E-state index contributed by atoms with van der Waals surface area (Å²) in [5, 5.41) is 8.76. The highest BCUT2D eigenvalue weighted by atomic mass is 35.5. The van der Waals surface area contributed by atoms with E-state index in [1.165, 1.54) is 6.42 Å². The van der Waals surface area contributed by atoms with Gasteiger partial charge in [-0.25, -0.2) is 9.97 Å². The number of nitrogens with one attached hydrogen (secondary N) is 1. The number of aromatic amines is 1. The lowest BCUT2D eigenvalue weighted by Crippen LogP contribution is -2.34. The average molecular weight is 328 g/mol. The number of hydrogen-bond acceptors (Lipinski definition) is 4. The molecule has 0 spiro atoms. The van der Waals surface area contributed by atoms with Crippen molar-refractivity contribution in [1.82, 2.24) is 25.1 Å². The van der Waals surface area contributed by atoms with Crippen LogP contribution in [0.2, 0.25) is 5.02 Å². The Balaban J connectivity index is 1.52. The van der Waals surface area contributed by atoms with E-state index in [1.54, 1.807) is 6.33 Å². The summed E-state index contributed by atoms with van der Waals surface area (Å²) in [6.07, 6.45) is 3.91. The minimum absolute atomic E-state index is 0.426. The predicted molar refractivity (Wildman–Crippen MR) is 90.4 cm³/mol. The van der Waals surface area contributed by atoms with E-state index >= 15 is 0 Å². The first-order valence-electron chi connectivity index (χ1n) is 7.91. The highest BCUT2D eigenvalue weighted by Gasteiger charge is 2.23. The van der Waals surface area contributed by atoms with Gasteiger partial charge in [0, 0.05) is 24.4 Å². The quantitative estimate of drug-likeness (QED) is 0.801. The molecule has 1 aliphatic heterocycles. The Morgan fingerprint density at radius 3 is 3.09 bits per heavy atom. The van der Waals surface area contributed by atoms with Crippen molar-refractivity contribution in [2.24, 2.45) is 0 Å². The van der Waals surface area contributed by atoms with Crippen molar-refractivity contribution in [2.75, 3.05) is 13.1 Å². The topological polar surface area (TPSA) is 57.7 Å². The van der Waals surface area contributed by atoms with E-state index < -0.39 is 0 Å². The zero-order valence-electron chi connectivity index (χ0n) is 12.7. The van der Waals surface area contributed by atoms with E-state index in [4.69, 9.17) is 16.6 Å². The van der Waals surface area contributed by atoms with Gasteiger partial charge in [-0.05, 0) is 31.5 Å². The van der Waals surface area contributed by atoms with Crippen molar-refractivity contribution >= 4 is 22.5 Å². The maximum Gasteiger partial charge on any atom is 0.137 e. The smallest absolute Gasteiger partial charge is 0.137 e. The summed E-state index contributed by atoms with van der Waals surface area (Å²) in [7, 11) is 0. The molecule has 0 radical (unpaired) electrons. The lowest BCUT2D eigenvalue weighted by atomic mass is 9.97. The molecular weight excluding hydrogens is 310 g/mol. The lowest BCUT2D eigenvalue weighted by molar-refractivity contribution is 0.195. The zero-order valence-corrected chi connectivity index (χ0v) is 13.5. The van der Waals surface area contributed by atoms with Crippen molar-refractivity contribution in [3.8, 4) is 0 Å². The minimum atomic E-state index is 0.426. The molecule has 0 saturated carbocycles. The number of hydrogen-bond donors (Lipinski definition) is 1. The first-order valence-corrected chi connectivity index (χ1v) is 8.29. The van der Waals surface area contributed by atoms with Gasteiger partial charge in [0.1, 0.15) is 12.2 Å². The summed E-state index contributed by atoms with van der Waals surface area (Å²) in [5.74, 6) is 1.42. The number of para-hydroxylation sites is 1. The fraction of sp³-hybridized carbons (Fsp3) is 0.353. The number of benzene rings is 1. The molecule has 1 aliphatic rings. The molecular formula is C17H18ClN5. The maximum atomic E-state index is 6.27. The van der Waals surface area contributed by atoms with Gasteiger partial charge in [0.25, 0.3) is 0 Å². The van der Waals surface area contributed by atoms with Crippen LogP contribution in [0.25, 0.3) is 10.9 Å². The van der Waals surface area contributed by atoms with Crippen molar-refractivity contribution in [3.05, 3.63) is 53.2 Å². The molecule has 2 aromatic heterocycles. The van der Waals surface area contributed by atoms with E-state index in [9.17, 15) is 0 Å². The molecule has 3 aromatic rings. The van der Waals surface area contributed by atoms with Crippen LogP contribution in [0.4, 0.5) is 0 Å². The molecule has 1 atom stereocenters. The van der Waals surface area contributed by atoms with Crippen molar-refractivity contribution in [1.29, 1.82) is 0 Å². The Morgan fingerprint density at radius 1 is 1.26 bits per heavy atom. The Bertz CT molecular complexity index is 802. The van der Waals surface area contributed by atoms with Crippen molar-refractivity contribution in [2.45, 2.75) is 25.3 Å². The third-order valence-corrected chi connectivity index (χ3v) is 4.75. The van der Waals surface area contributed by atoms with Crippen LogP contribution < -0.4 is 0 Å². The van der Waals surface area contributed by atoms with Gasteiger partial charge in [0.05, 0.1) is 16.2 Å². The molecule has 0 aliphatic carbocycles. The summed E-state index contributed by atoms with van der Waals surface area (Å²) in [6.45, 7) is 2.91. The number of fused-ring (bicyclic) bond motifs is 1. The second-order valence-corrected chi connectivity index (χ2v) is 6.47. The molecule has 0 amide bonds. The molecule has 1 aromatic carbocycles. The Kier molecular flexibility index (Phi) is 3.97. The van der Waals surface area contributed by atoms with Crippen LogP contribution in [0.15, 0.2) is 36.7 Å². The number of nitrogens with zero attached hydrogens (tertiary/aromatic N) is 4. The van der Waals surface area contributed by atoms with Gasteiger partial charge < -0.3 is 0 Å². The fourth-order valence-electron chi connectivity index (χ4n) is 3.30. The summed E-state index contributed by atoms with van der Waals surface area (Å²) >= 11 is 6.27. The Hall–Kier alpha value is -1.98. The van der Waals surface area contributed by atoms with Crippen LogP contribution in [-0.4, -0.2) is 38.2 Å². The Morgan fingerprint density at radius 2 is 2.22 bits per heavy atom. The molecule has 6 heteroatoms. The summed E-state index contributed by atoms with van der Waals surface area (Å²) in [4.78, 5) is 11.5. The maximum absolute atomic E-state index is 6.27. The van der Waals surface area contributed by atoms with E-state index in [-0.39, 0.29) is 0 Å². The van der Waals surface area contributed by atoms with Crippen LogP contribution >= 0.6 is 11.6 Å². The highest BCUT2D eigenvalue weighted by molar-refractivity contribution is 6.35. The molecule has 4 rings (SSSR count). The molecule has 1 N–H and O–H groups in total. The number of likely N-dealkylation sites (tertiary alicyclic amines) is 1. The van der Waals surface area contributed by atoms with Crippen LogP contribution in [0.1, 0.15) is 30.3 Å². The van der Waals surface area contributed by atoms with Crippen LogP contribution in [0, 0.1) is 0 Å². The van der Waals surface area contributed by atoms with Crippen LogP contribution in [0.5, 0.6) is 0 Å². The molecule has 23 heavy (non-hydrogen) atoms. The predicted octanol–water partition coefficient (Wildman–Crippen LogP) is 3.39. The summed E-state index contributed by atoms with van der Waals surface area (Å²) in [5.41, 5.74) is 1.94. The largest absolute Gasteiger partial charge is 0.297 e. The molecule has 118 valence electrons. The standard InChI is InChI=1S/C17H18ClN5/c18-15-5-1-3-12-6-7-14(21-16(12)15)10-23-8-2-4-13(9-23)17-19-11-20-22-17/h1,3,5-7,11,13H,2,4,8-10H2,(H,19,20,22)/t13-/m1/s1. The van der Waals surface area contributed by atoms with E-state index in [0.29, 0.717) is 10.9 Å². The normalized spacial score (nSPS) is 19.3. The third kappa shape index (κ3) is 3.07. The summed E-state index contributed by atoms with van der Waals surface area (Å²) < 4.78 is 0. The molecule has 1 fully saturated rings. The Labute approximate surface area is 139 Å². The SMILES string of the molecule is Clc1cccc2ccc(CN3CCC[C@@H](c4ncn[nH]4)C3)nc12. The van der Waals surface area contributed by atoms with Crippen LogP contribution in [-0.2, 0) is 6.54 Å². The van der Waals surface area contributed by atoms with Gasteiger partial charge in [-0.3, -0.25) is 10.00 Å². The number of aromatic nitrogens is 4. The number of H-pyrrole nitrogens is 1. The minimum Gasteiger partial charge on any atom is -0.297 e.